The summed E-state index contributed by atoms with van der Waals surface area (Å²) in [7, 11) is 0. The molecule has 1 atom stereocenters. The summed E-state index contributed by atoms with van der Waals surface area (Å²) in [6, 6.07) is 12.7. The van der Waals surface area contributed by atoms with Crippen LogP contribution in [0.2, 0.25) is 0 Å². The van der Waals surface area contributed by atoms with Gasteiger partial charge < -0.3 is 5.32 Å². The number of hydrogen-bond acceptors (Lipinski definition) is 2. The highest BCUT2D eigenvalue weighted by Crippen LogP contribution is 2.32. The third-order valence-corrected chi connectivity index (χ3v) is 3.75. The highest BCUT2D eigenvalue weighted by molar-refractivity contribution is 6.06. The summed E-state index contributed by atoms with van der Waals surface area (Å²) >= 11 is 0. The Balaban J connectivity index is 1.87. The summed E-state index contributed by atoms with van der Waals surface area (Å²) in [6.45, 7) is 1.42. The van der Waals surface area contributed by atoms with Gasteiger partial charge in [-0.05, 0) is 23.8 Å². The van der Waals surface area contributed by atoms with E-state index >= 15 is 0 Å². The molecule has 0 radical (unpaired) electrons. The van der Waals surface area contributed by atoms with Crippen LogP contribution >= 0.6 is 0 Å². The minimum Gasteiger partial charge on any atom is -0.322 e. The SMILES string of the molecule is CC(=O)N1c2ccccc2C[C@@H]1C(=O)Nc1ccccc1F. The number of benzene rings is 2. The molecule has 112 valence electrons. The lowest BCUT2D eigenvalue weighted by molar-refractivity contribution is -0.122. The number of hydrogen-bond donors (Lipinski definition) is 1. The number of nitrogens with zero attached hydrogens (tertiary/aromatic N) is 1. The van der Waals surface area contributed by atoms with Gasteiger partial charge in [0.25, 0.3) is 0 Å². The van der Waals surface area contributed by atoms with Gasteiger partial charge in [-0.1, -0.05) is 30.3 Å². The van der Waals surface area contributed by atoms with Gasteiger partial charge in [-0.2, -0.15) is 0 Å². The van der Waals surface area contributed by atoms with Crippen LogP contribution in [0, 0.1) is 5.82 Å². The molecule has 0 spiro atoms. The number of nitrogens with one attached hydrogen (secondary N) is 1. The lowest BCUT2D eigenvalue weighted by Gasteiger charge is -2.23. The Hall–Kier alpha value is -2.69. The Morgan fingerprint density at radius 3 is 2.55 bits per heavy atom. The zero-order valence-electron chi connectivity index (χ0n) is 12.0. The fourth-order valence-electron chi connectivity index (χ4n) is 2.76. The zero-order chi connectivity index (χ0) is 15.7. The van der Waals surface area contributed by atoms with Crippen LogP contribution in [0.15, 0.2) is 48.5 Å². The van der Waals surface area contributed by atoms with Gasteiger partial charge in [-0.3, -0.25) is 14.5 Å². The molecule has 22 heavy (non-hydrogen) atoms. The molecule has 4 nitrogen and oxygen atoms in total. The molecule has 0 aromatic heterocycles. The van der Waals surface area contributed by atoms with Crippen molar-refractivity contribution in [3.05, 3.63) is 59.9 Å². The quantitative estimate of drug-likeness (QED) is 0.927. The predicted molar refractivity (Wildman–Crippen MR) is 82.1 cm³/mol. The first-order chi connectivity index (χ1) is 10.6. The Morgan fingerprint density at radius 1 is 1.14 bits per heavy atom. The molecule has 0 bridgehead atoms. The standard InChI is InChI=1S/C17H15FN2O2/c1-11(21)20-15-9-5-2-6-12(15)10-16(20)17(22)19-14-8-4-3-7-13(14)18/h2-9,16H,10H2,1H3,(H,19,22)/t16-/m1/s1. The Kier molecular flexibility index (Phi) is 3.63. The molecule has 0 fully saturated rings. The summed E-state index contributed by atoms with van der Waals surface area (Å²) < 4.78 is 13.7. The van der Waals surface area contributed by atoms with Crippen LogP contribution < -0.4 is 10.2 Å². The Bertz CT molecular complexity index is 745. The van der Waals surface area contributed by atoms with Gasteiger partial charge in [0, 0.05) is 19.0 Å². The van der Waals surface area contributed by atoms with E-state index in [0.29, 0.717) is 6.42 Å². The molecule has 0 unspecified atom stereocenters. The maximum absolute atomic E-state index is 13.7. The van der Waals surface area contributed by atoms with Crippen molar-refractivity contribution in [2.24, 2.45) is 0 Å². The summed E-state index contributed by atoms with van der Waals surface area (Å²) in [4.78, 5) is 25.9. The van der Waals surface area contributed by atoms with E-state index in [4.69, 9.17) is 0 Å². The average Bonchev–Trinajstić information content (AvgIpc) is 2.89. The molecule has 1 heterocycles. The highest BCUT2D eigenvalue weighted by Gasteiger charge is 2.36. The lowest BCUT2D eigenvalue weighted by Crippen LogP contribution is -2.44. The van der Waals surface area contributed by atoms with Crippen LogP contribution in [0.4, 0.5) is 15.8 Å². The van der Waals surface area contributed by atoms with E-state index < -0.39 is 17.8 Å². The van der Waals surface area contributed by atoms with Crippen molar-refractivity contribution in [2.45, 2.75) is 19.4 Å². The van der Waals surface area contributed by atoms with Crippen LogP contribution in [0.1, 0.15) is 12.5 Å². The number of fused-ring (bicyclic) bond motifs is 1. The van der Waals surface area contributed by atoms with Crippen LogP contribution in [-0.2, 0) is 16.0 Å². The molecule has 2 aromatic rings. The van der Waals surface area contributed by atoms with E-state index in [0.717, 1.165) is 11.3 Å². The number of para-hydroxylation sites is 2. The smallest absolute Gasteiger partial charge is 0.247 e. The lowest BCUT2D eigenvalue weighted by atomic mass is 10.1. The molecule has 1 aliphatic heterocycles. The topological polar surface area (TPSA) is 49.4 Å². The molecule has 5 heteroatoms. The van der Waals surface area contributed by atoms with Gasteiger partial charge in [0.05, 0.1) is 5.69 Å². The minimum atomic E-state index is -0.658. The number of rotatable bonds is 2. The van der Waals surface area contributed by atoms with Crippen LogP contribution in [0.3, 0.4) is 0 Å². The maximum Gasteiger partial charge on any atom is 0.247 e. The van der Waals surface area contributed by atoms with Crippen molar-refractivity contribution in [2.75, 3.05) is 10.2 Å². The molecule has 2 amide bonds. The number of carbonyl (C=O) groups excluding carboxylic acids is 2. The van der Waals surface area contributed by atoms with Crippen LogP contribution in [0.25, 0.3) is 0 Å². The van der Waals surface area contributed by atoms with Gasteiger partial charge in [0.1, 0.15) is 11.9 Å². The molecule has 1 aliphatic rings. The molecule has 0 saturated heterocycles. The first-order valence-corrected chi connectivity index (χ1v) is 7.01. The van der Waals surface area contributed by atoms with Gasteiger partial charge in [-0.15, -0.1) is 0 Å². The molecule has 1 N–H and O–H groups in total. The molecule has 3 rings (SSSR count). The number of carbonyl (C=O) groups is 2. The van der Waals surface area contributed by atoms with E-state index in [1.54, 1.807) is 12.1 Å². The maximum atomic E-state index is 13.7. The summed E-state index contributed by atoms with van der Waals surface area (Å²) in [5.74, 6) is -1.10. The molecule has 0 saturated carbocycles. The summed E-state index contributed by atoms with van der Waals surface area (Å²) in [5.41, 5.74) is 1.79. The second kappa shape index (κ2) is 5.60. The van der Waals surface area contributed by atoms with Crippen molar-refractivity contribution in [3.8, 4) is 0 Å². The molecule has 2 aromatic carbocycles. The second-order valence-electron chi connectivity index (χ2n) is 5.21. The van der Waals surface area contributed by atoms with E-state index in [1.807, 2.05) is 24.3 Å². The third kappa shape index (κ3) is 2.45. The average molecular weight is 298 g/mol. The van der Waals surface area contributed by atoms with Crippen molar-refractivity contribution in [1.82, 2.24) is 0 Å². The largest absolute Gasteiger partial charge is 0.322 e. The van der Waals surface area contributed by atoms with Gasteiger partial charge in [0.2, 0.25) is 11.8 Å². The number of amides is 2. The fourth-order valence-corrected chi connectivity index (χ4v) is 2.76. The zero-order valence-corrected chi connectivity index (χ0v) is 12.0. The second-order valence-corrected chi connectivity index (χ2v) is 5.21. The van der Waals surface area contributed by atoms with E-state index in [1.165, 1.54) is 24.0 Å². The molecular formula is C17H15FN2O2. The summed E-state index contributed by atoms with van der Waals surface area (Å²) in [5, 5.41) is 2.56. The van der Waals surface area contributed by atoms with Crippen LogP contribution in [0.5, 0.6) is 0 Å². The van der Waals surface area contributed by atoms with E-state index in [2.05, 4.69) is 5.32 Å². The normalized spacial score (nSPS) is 16.3. The van der Waals surface area contributed by atoms with Gasteiger partial charge >= 0.3 is 0 Å². The van der Waals surface area contributed by atoms with Gasteiger partial charge in [0.15, 0.2) is 0 Å². The van der Waals surface area contributed by atoms with Crippen molar-refractivity contribution >= 4 is 23.2 Å². The third-order valence-electron chi connectivity index (χ3n) is 3.75. The monoisotopic (exact) mass is 298 g/mol. The minimum absolute atomic E-state index is 0.118. The van der Waals surface area contributed by atoms with Crippen molar-refractivity contribution in [1.29, 1.82) is 0 Å². The fraction of sp³-hybridized carbons (Fsp3) is 0.176. The van der Waals surface area contributed by atoms with E-state index in [9.17, 15) is 14.0 Å². The molecule has 0 aliphatic carbocycles. The highest BCUT2D eigenvalue weighted by atomic mass is 19.1. The Labute approximate surface area is 127 Å². The summed E-state index contributed by atoms with van der Waals surface area (Å²) in [6.07, 6.45) is 0.427. The predicted octanol–water partition coefficient (Wildman–Crippen LogP) is 2.74. The van der Waals surface area contributed by atoms with Gasteiger partial charge in [-0.25, -0.2) is 4.39 Å². The number of anilines is 2. The van der Waals surface area contributed by atoms with E-state index in [-0.39, 0.29) is 11.6 Å². The van der Waals surface area contributed by atoms with Crippen LogP contribution in [-0.4, -0.2) is 17.9 Å². The number of halogens is 1. The van der Waals surface area contributed by atoms with Crippen molar-refractivity contribution in [3.63, 3.8) is 0 Å². The Morgan fingerprint density at radius 2 is 1.82 bits per heavy atom. The molecular weight excluding hydrogens is 283 g/mol. The first kappa shape index (κ1) is 14.3. The van der Waals surface area contributed by atoms with Crippen molar-refractivity contribution < 1.29 is 14.0 Å². The first-order valence-electron chi connectivity index (χ1n) is 7.01.